The zero-order valence-corrected chi connectivity index (χ0v) is 12.9. The number of halogens is 1. The number of hydrogen-bond acceptors (Lipinski definition) is 3. The van der Waals surface area contributed by atoms with Crippen LogP contribution < -0.4 is 10.1 Å². The molecule has 0 aliphatic heterocycles. The number of aryl methyl sites for hydroxylation is 1. The van der Waals surface area contributed by atoms with Crippen molar-refractivity contribution in [3.63, 3.8) is 0 Å². The third-order valence-corrected chi connectivity index (χ3v) is 4.49. The predicted molar refractivity (Wildman–Crippen MR) is 82.6 cm³/mol. The van der Waals surface area contributed by atoms with Crippen molar-refractivity contribution in [2.24, 2.45) is 0 Å². The van der Waals surface area contributed by atoms with E-state index >= 15 is 0 Å². The Morgan fingerprint density at radius 3 is 2.68 bits per heavy atom. The second kappa shape index (κ2) is 6.42. The van der Waals surface area contributed by atoms with Crippen molar-refractivity contribution in [3.8, 4) is 5.75 Å². The van der Waals surface area contributed by atoms with Crippen LogP contribution in [0.25, 0.3) is 0 Å². The number of rotatable bonds is 5. The Kier molecular flexibility index (Phi) is 4.86. The molecule has 0 spiro atoms. The first kappa shape index (κ1) is 14.4. The van der Waals surface area contributed by atoms with Crippen molar-refractivity contribution in [1.82, 2.24) is 5.32 Å². The molecule has 1 N–H and O–H groups in total. The van der Waals surface area contributed by atoms with E-state index in [0.717, 1.165) is 27.8 Å². The van der Waals surface area contributed by atoms with Crippen molar-refractivity contribution >= 4 is 22.9 Å². The number of thiophene rings is 1. The summed E-state index contributed by atoms with van der Waals surface area (Å²) >= 11 is 7.95. The van der Waals surface area contributed by atoms with Gasteiger partial charge in [0.05, 0.1) is 18.2 Å². The fourth-order valence-corrected chi connectivity index (χ4v) is 3.43. The van der Waals surface area contributed by atoms with E-state index in [9.17, 15) is 0 Å². The van der Waals surface area contributed by atoms with Crippen LogP contribution in [0.3, 0.4) is 0 Å². The first-order valence-electron chi connectivity index (χ1n) is 6.28. The number of benzene rings is 1. The number of methoxy groups -OCH3 is 1. The Balaban J connectivity index is 2.39. The van der Waals surface area contributed by atoms with E-state index in [-0.39, 0.29) is 6.04 Å². The van der Waals surface area contributed by atoms with Gasteiger partial charge in [-0.05, 0) is 42.1 Å². The van der Waals surface area contributed by atoms with Gasteiger partial charge in [0, 0.05) is 4.88 Å². The Labute approximate surface area is 123 Å². The molecule has 1 aromatic heterocycles. The highest BCUT2D eigenvalue weighted by Crippen LogP contribution is 2.34. The Morgan fingerprint density at radius 2 is 2.16 bits per heavy atom. The average molecular weight is 296 g/mol. The van der Waals surface area contributed by atoms with Crippen molar-refractivity contribution in [1.29, 1.82) is 0 Å². The molecule has 0 aliphatic carbocycles. The third-order valence-electron chi connectivity index (χ3n) is 3.07. The zero-order valence-electron chi connectivity index (χ0n) is 11.4. The zero-order chi connectivity index (χ0) is 13.8. The molecule has 1 atom stereocenters. The van der Waals surface area contributed by atoms with Gasteiger partial charge in [-0.2, -0.15) is 0 Å². The molecule has 2 aromatic rings. The lowest BCUT2D eigenvalue weighted by atomic mass is 10.0. The van der Waals surface area contributed by atoms with Gasteiger partial charge in [0.1, 0.15) is 5.75 Å². The van der Waals surface area contributed by atoms with Gasteiger partial charge in [-0.3, -0.25) is 0 Å². The van der Waals surface area contributed by atoms with E-state index in [4.69, 9.17) is 16.3 Å². The third kappa shape index (κ3) is 3.11. The van der Waals surface area contributed by atoms with Gasteiger partial charge < -0.3 is 10.1 Å². The lowest BCUT2D eigenvalue weighted by molar-refractivity contribution is 0.411. The molecule has 0 bridgehead atoms. The molecule has 2 rings (SSSR count). The van der Waals surface area contributed by atoms with Crippen molar-refractivity contribution in [2.45, 2.75) is 19.9 Å². The quantitative estimate of drug-likeness (QED) is 0.882. The molecular formula is C15H18ClNOS. The lowest BCUT2D eigenvalue weighted by Crippen LogP contribution is -2.21. The summed E-state index contributed by atoms with van der Waals surface area (Å²) in [5, 5.41) is 6.34. The normalized spacial score (nSPS) is 12.4. The van der Waals surface area contributed by atoms with Gasteiger partial charge in [-0.25, -0.2) is 0 Å². The van der Waals surface area contributed by atoms with E-state index in [0.29, 0.717) is 0 Å². The van der Waals surface area contributed by atoms with Crippen LogP contribution >= 0.6 is 22.9 Å². The van der Waals surface area contributed by atoms with Crippen molar-refractivity contribution in [2.75, 3.05) is 13.7 Å². The second-order valence-electron chi connectivity index (χ2n) is 4.35. The maximum atomic E-state index is 6.26. The number of hydrogen-bond donors (Lipinski definition) is 1. The van der Waals surface area contributed by atoms with Gasteiger partial charge >= 0.3 is 0 Å². The highest BCUT2D eigenvalue weighted by molar-refractivity contribution is 7.10. The number of nitrogens with one attached hydrogen (secondary N) is 1. The topological polar surface area (TPSA) is 21.3 Å². The fourth-order valence-electron chi connectivity index (χ4n) is 2.16. The molecular weight excluding hydrogens is 278 g/mol. The molecule has 2 nitrogen and oxygen atoms in total. The van der Waals surface area contributed by atoms with Crippen LogP contribution in [0.2, 0.25) is 5.02 Å². The van der Waals surface area contributed by atoms with E-state index in [1.807, 2.05) is 17.5 Å². The summed E-state index contributed by atoms with van der Waals surface area (Å²) in [5.41, 5.74) is 2.35. The van der Waals surface area contributed by atoms with Crippen LogP contribution in [0.15, 0.2) is 29.6 Å². The molecule has 19 heavy (non-hydrogen) atoms. The van der Waals surface area contributed by atoms with Crippen molar-refractivity contribution < 1.29 is 4.74 Å². The minimum atomic E-state index is 0.141. The minimum Gasteiger partial charge on any atom is -0.496 e. The summed E-state index contributed by atoms with van der Waals surface area (Å²) in [5.74, 6) is 0.913. The standard InChI is InChI=1S/C15H18ClNOS/c1-4-17-14(15-12(16)7-8-19-15)11-5-6-13(18-3)10(2)9-11/h5-9,14,17H,4H2,1-3H3. The molecule has 0 amide bonds. The largest absolute Gasteiger partial charge is 0.496 e. The van der Waals surface area contributed by atoms with Crippen LogP contribution in [-0.2, 0) is 0 Å². The summed E-state index contributed by atoms with van der Waals surface area (Å²) < 4.78 is 5.31. The predicted octanol–water partition coefficient (Wildman–Crippen LogP) is 4.42. The Bertz CT molecular complexity index is 553. The maximum Gasteiger partial charge on any atom is 0.121 e. The summed E-state index contributed by atoms with van der Waals surface area (Å²) in [7, 11) is 1.69. The van der Waals surface area contributed by atoms with E-state index in [2.05, 4.69) is 31.3 Å². The average Bonchev–Trinajstić information content (AvgIpc) is 2.82. The van der Waals surface area contributed by atoms with E-state index in [1.165, 1.54) is 5.56 Å². The molecule has 1 aromatic carbocycles. The smallest absolute Gasteiger partial charge is 0.121 e. The SMILES string of the molecule is CCNC(c1ccc(OC)c(C)c1)c1sccc1Cl. The van der Waals surface area contributed by atoms with Crippen LogP contribution in [0.5, 0.6) is 5.75 Å². The lowest BCUT2D eigenvalue weighted by Gasteiger charge is -2.19. The van der Waals surface area contributed by atoms with Crippen LogP contribution in [0.1, 0.15) is 29.0 Å². The highest BCUT2D eigenvalue weighted by Gasteiger charge is 2.18. The Morgan fingerprint density at radius 1 is 1.37 bits per heavy atom. The van der Waals surface area contributed by atoms with Crippen LogP contribution in [0.4, 0.5) is 0 Å². The molecule has 0 saturated heterocycles. The molecule has 0 radical (unpaired) electrons. The first-order valence-corrected chi connectivity index (χ1v) is 7.54. The van der Waals surface area contributed by atoms with Crippen LogP contribution in [-0.4, -0.2) is 13.7 Å². The molecule has 0 aliphatic rings. The fraction of sp³-hybridized carbons (Fsp3) is 0.333. The van der Waals surface area contributed by atoms with Crippen LogP contribution in [0, 0.1) is 6.92 Å². The van der Waals surface area contributed by atoms with Gasteiger partial charge in [0.25, 0.3) is 0 Å². The Hall–Kier alpha value is -1.03. The summed E-state index contributed by atoms with van der Waals surface area (Å²) in [6.07, 6.45) is 0. The first-order chi connectivity index (χ1) is 9.17. The molecule has 4 heteroatoms. The van der Waals surface area contributed by atoms with Gasteiger partial charge in [-0.1, -0.05) is 30.7 Å². The van der Waals surface area contributed by atoms with Gasteiger partial charge in [-0.15, -0.1) is 11.3 Å². The summed E-state index contributed by atoms with van der Waals surface area (Å²) in [6, 6.07) is 8.35. The molecule has 102 valence electrons. The molecule has 0 saturated carbocycles. The minimum absolute atomic E-state index is 0.141. The number of ether oxygens (including phenoxy) is 1. The van der Waals surface area contributed by atoms with E-state index in [1.54, 1.807) is 18.4 Å². The second-order valence-corrected chi connectivity index (χ2v) is 5.71. The maximum absolute atomic E-state index is 6.26. The van der Waals surface area contributed by atoms with Gasteiger partial charge in [0.15, 0.2) is 0 Å². The van der Waals surface area contributed by atoms with E-state index < -0.39 is 0 Å². The van der Waals surface area contributed by atoms with Crippen molar-refractivity contribution in [3.05, 3.63) is 50.7 Å². The summed E-state index contributed by atoms with van der Waals surface area (Å²) in [6.45, 7) is 5.05. The van der Waals surface area contributed by atoms with Gasteiger partial charge in [0.2, 0.25) is 0 Å². The summed E-state index contributed by atoms with van der Waals surface area (Å²) in [4.78, 5) is 1.16. The molecule has 0 fully saturated rings. The monoisotopic (exact) mass is 295 g/mol. The molecule has 1 heterocycles. The molecule has 1 unspecified atom stereocenters. The highest BCUT2D eigenvalue weighted by atomic mass is 35.5.